The highest BCUT2D eigenvalue weighted by Crippen LogP contribution is 2.27. The van der Waals surface area contributed by atoms with Crippen LogP contribution in [-0.2, 0) is 11.4 Å². The lowest BCUT2D eigenvalue weighted by molar-refractivity contribution is -0.131. The molecule has 0 atom stereocenters. The van der Waals surface area contributed by atoms with Crippen molar-refractivity contribution in [1.29, 1.82) is 0 Å². The second-order valence-electron chi connectivity index (χ2n) is 3.83. The number of carboxylic acids is 1. The van der Waals surface area contributed by atoms with Crippen LogP contribution in [0.15, 0.2) is 36.0 Å². The van der Waals surface area contributed by atoms with E-state index < -0.39 is 5.97 Å². The molecule has 1 aromatic heterocycles. The first-order valence-electron chi connectivity index (χ1n) is 5.78. The van der Waals surface area contributed by atoms with Gasteiger partial charge in [0.1, 0.15) is 18.1 Å². The van der Waals surface area contributed by atoms with Gasteiger partial charge in [0.05, 0.1) is 17.5 Å². The highest BCUT2D eigenvalue weighted by Gasteiger charge is 2.05. The summed E-state index contributed by atoms with van der Waals surface area (Å²) in [7, 11) is 1.56. The summed E-state index contributed by atoms with van der Waals surface area (Å²) < 4.78 is 10.8. The van der Waals surface area contributed by atoms with Crippen LogP contribution in [0.4, 0.5) is 0 Å². The number of rotatable bonds is 6. The van der Waals surface area contributed by atoms with Gasteiger partial charge in [-0.25, -0.2) is 4.79 Å². The van der Waals surface area contributed by atoms with Gasteiger partial charge in [-0.3, -0.25) is 4.98 Å². The topological polar surface area (TPSA) is 68.7 Å². The maximum atomic E-state index is 10.6. The Hall–Kier alpha value is -2.34. The van der Waals surface area contributed by atoms with Crippen LogP contribution in [0.5, 0.6) is 11.5 Å². The number of benzene rings is 1. The zero-order valence-corrected chi connectivity index (χ0v) is 11.6. The summed E-state index contributed by atoms with van der Waals surface area (Å²) in [6, 6.07) is 5.23. The Kier molecular flexibility index (Phi) is 4.73. The van der Waals surface area contributed by atoms with Crippen molar-refractivity contribution in [2.24, 2.45) is 0 Å². The molecule has 0 aliphatic heterocycles. The summed E-state index contributed by atoms with van der Waals surface area (Å²) in [6.07, 6.45) is 4.29. The number of ether oxygens (including phenoxy) is 2. The maximum absolute atomic E-state index is 10.6. The molecule has 0 bridgehead atoms. The number of aromatic nitrogens is 1. The standard InChI is InChI=1S/C14H13NO4S/c1-18-11-4-2-10(3-5-14(16)17)13(6-11)19-8-12-7-15-9-20-12/h2-7,9H,8H2,1H3,(H,16,17)/b5-3+. The lowest BCUT2D eigenvalue weighted by atomic mass is 10.1. The zero-order chi connectivity index (χ0) is 14.4. The average molecular weight is 291 g/mol. The van der Waals surface area contributed by atoms with Crippen LogP contribution in [0, 0.1) is 0 Å². The van der Waals surface area contributed by atoms with Crippen molar-refractivity contribution in [1.82, 2.24) is 4.98 Å². The van der Waals surface area contributed by atoms with Crippen molar-refractivity contribution in [3.63, 3.8) is 0 Å². The van der Waals surface area contributed by atoms with E-state index in [2.05, 4.69) is 4.98 Å². The molecule has 0 saturated carbocycles. The lowest BCUT2D eigenvalue weighted by Crippen LogP contribution is -1.96. The Morgan fingerprint density at radius 3 is 3.00 bits per heavy atom. The van der Waals surface area contributed by atoms with Gasteiger partial charge in [0.15, 0.2) is 0 Å². The fraction of sp³-hybridized carbons (Fsp3) is 0.143. The van der Waals surface area contributed by atoms with E-state index >= 15 is 0 Å². The Bertz CT molecular complexity index is 608. The monoisotopic (exact) mass is 291 g/mol. The van der Waals surface area contributed by atoms with E-state index in [1.807, 2.05) is 0 Å². The van der Waals surface area contributed by atoms with E-state index in [0.717, 1.165) is 11.0 Å². The Balaban J connectivity index is 2.20. The molecule has 0 saturated heterocycles. The van der Waals surface area contributed by atoms with E-state index in [-0.39, 0.29) is 0 Å². The van der Waals surface area contributed by atoms with Crippen LogP contribution >= 0.6 is 11.3 Å². The van der Waals surface area contributed by atoms with Gasteiger partial charge in [0.25, 0.3) is 0 Å². The molecule has 0 unspecified atom stereocenters. The SMILES string of the molecule is COc1ccc(/C=C/C(=O)O)c(OCc2cncs2)c1. The molecule has 1 N–H and O–H groups in total. The molecular weight excluding hydrogens is 278 g/mol. The van der Waals surface area contributed by atoms with Crippen molar-refractivity contribution in [3.8, 4) is 11.5 Å². The van der Waals surface area contributed by atoms with E-state index in [1.54, 1.807) is 37.0 Å². The molecule has 1 heterocycles. The number of carboxylic acid groups (broad SMARTS) is 1. The minimum atomic E-state index is -1.01. The molecule has 2 rings (SSSR count). The van der Waals surface area contributed by atoms with Gasteiger partial charge in [-0.1, -0.05) is 0 Å². The molecule has 0 aliphatic carbocycles. The smallest absolute Gasteiger partial charge is 0.328 e. The Morgan fingerprint density at radius 1 is 1.50 bits per heavy atom. The third kappa shape index (κ3) is 3.83. The van der Waals surface area contributed by atoms with Crippen molar-refractivity contribution in [2.45, 2.75) is 6.61 Å². The van der Waals surface area contributed by atoms with Gasteiger partial charge in [-0.15, -0.1) is 11.3 Å². The molecule has 20 heavy (non-hydrogen) atoms. The number of hydrogen-bond donors (Lipinski definition) is 1. The summed E-state index contributed by atoms with van der Waals surface area (Å²) in [5, 5.41) is 8.69. The molecule has 0 amide bonds. The second-order valence-corrected chi connectivity index (χ2v) is 4.80. The number of methoxy groups -OCH3 is 1. The first kappa shape index (κ1) is 14.1. The summed E-state index contributed by atoms with van der Waals surface area (Å²) in [6.45, 7) is 0.381. The van der Waals surface area contributed by atoms with E-state index in [0.29, 0.717) is 23.7 Å². The first-order chi connectivity index (χ1) is 9.69. The average Bonchev–Trinajstić information content (AvgIpc) is 2.96. The van der Waals surface area contributed by atoms with Gasteiger partial charge >= 0.3 is 5.97 Å². The van der Waals surface area contributed by atoms with Gasteiger partial charge < -0.3 is 14.6 Å². The zero-order valence-electron chi connectivity index (χ0n) is 10.8. The van der Waals surface area contributed by atoms with Crippen LogP contribution in [0.3, 0.4) is 0 Å². The highest BCUT2D eigenvalue weighted by molar-refractivity contribution is 7.09. The Morgan fingerprint density at radius 2 is 2.35 bits per heavy atom. The van der Waals surface area contributed by atoms with Crippen LogP contribution < -0.4 is 9.47 Å². The van der Waals surface area contributed by atoms with Gasteiger partial charge in [0, 0.05) is 23.9 Å². The molecule has 6 heteroatoms. The molecular formula is C14H13NO4S. The maximum Gasteiger partial charge on any atom is 0.328 e. The fourth-order valence-corrected chi connectivity index (χ4v) is 2.03. The van der Waals surface area contributed by atoms with Crippen LogP contribution in [0.1, 0.15) is 10.4 Å². The second kappa shape index (κ2) is 6.72. The van der Waals surface area contributed by atoms with Gasteiger partial charge in [-0.05, 0) is 18.2 Å². The van der Waals surface area contributed by atoms with Crippen LogP contribution in [0.2, 0.25) is 0 Å². The minimum Gasteiger partial charge on any atom is -0.497 e. The molecule has 5 nitrogen and oxygen atoms in total. The number of hydrogen-bond acceptors (Lipinski definition) is 5. The number of nitrogens with zero attached hydrogens (tertiary/aromatic N) is 1. The molecule has 0 aliphatic rings. The van der Waals surface area contributed by atoms with E-state index in [1.165, 1.54) is 17.4 Å². The lowest BCUT2D eigenvalue weighted by Gasteiger charge is -2.10. The molecule has 0 radical (unpaired) electrons. The Labute approximate surface area is 120 Å². The third-order valence-corrected chi connectivity index (χ3v) is 3.23. The quantitative estimate of drug-likeness (QED) is 0.829. The molecule has 0 fully saturated rings. The largest absolute Gasteiger partial charge is 0.497 e. The van der Waals surface area contributed by atoms with Gasteiger partial charge in [0.2, 0.25) is 0 Å². The number of aliphatic carboxylic acids is 1. The number of carbonyl (C=O) groups is 1. The first-order valence-corrected chi connectivity index (χ1v) is 6.66. The summed E-state index contributed by atoms with van der Waals surface area (Å²) >= 11 is 1.50. The molecule has 1 aromatic carbocycles. The van der Waals surface area contributed by atoms with Crippen molar-refractivity contribution < 1.29 is 19.4 Å². The predicted molar refractivity (Wildman–Crippen MR) is 76.1 cm³/mol. The van der Waals surface area contributed by atoms with Gasteiger partial charge in [-0.2, -0.15) is 0 Å². The third-order valence-electron chi connectivity index (χ3n) is 2.48. The molecule has 104 valence electrons. The summed E-state index contributed by atoms with van der Waals surface area (Å²) in [5.41, 5.74) is 2.41. The fourth-order valence-electron chi connectivity index (χ4n) is 1.53. The van der Waals surface area contributed by atoms with E-state index in [4.69, 9.17) is 14.6 Å². The van der Waals surface area contributed by atoms with Crippen molar-refractivity contribution in [3.05, 3.63) is 46.4 Å². The van der Waals surface area contributed by atoms with E-state index in [9.17, 15) is 4.79 Å². The van der Waals surface area contributed by atoms with Crippen molar-refractivity contribution >= 4 is 23.4 Å². The highest BCUT2D eigenvalue weighted by atomic mass is 32.1. The van der Waals surface area contributed by atoms with Crippen molar-refractivity contribution in [2.75, 3.05) is 7.11 Å². The minimum absolute atomic E-state index is 0.381. The van der Waals surface area contributed by atoms with Crippen LogP contribution in [-0.4, -0.2) is 23.2 Å². The molecule has 2 aromatic rings. The summed E-state index contributed by atoms with van der Waals surface area (Å²) in [4.78, 5) is 15.6. The molecule has 0 spiro atoms. The normalized spacial score (nSPS) is 10.7. The summed E-state index contributed by atoms with van der Waals surface area (Å²) in [5.74, 6) is 0.209. The van der Waals surface area contributed by atoms with Crippen LogP contribution in [0.25, 0.3) is 6.08 Å². The number of thiazole rings is 1. The predicted octanol–water partition coefficient (Wildman–Crippen LogP) is 2.83.